The first-order valence-corrected chi connectivity index (χ1v) is 7.08. The van der Waals surface area contributed by atoms with Gasteiger partial charge in [0.05, 0.1) is 11.2 Å². The van der Waals surface area contributed by atoms with Gasteiger partial charge in [-0.3, -0.25) is 0 Å². The van der Waals surface area contributed by atoms with Crippen LogP contribution in [0.5, 0.6) is 0 Å². The molecule has 0 radical (unpaired) electrons. The van der Waals surface area contributed by atoms with E-state index in [-0.39, 0.29) is 4.90 Å². The average Bonchev–Trinajstić information content (AvgIpc) is 2.01. The van der Waals surface area contributed by atoms with Crippen molar-refractivity contribution in [3.8, 4) is 0 Å². The summed E-state index contributed by atoms with van der Waals surface area (Å²) < 4.78 is 42.3. The minimum Gasteiger partial charge on any atom is -0.235 e. The third-order valence-corrected chi connectivity index (χ3v) is 4.43. The first kappa shape index (κ1) is 11.2. The molecule has 0 aromatic heterocycles. The van der Waals surface area contributed by atoms with Crippen LogP contribution in [0.25, 0.3) is 0 Å². The van der Waals surface area contributed by atoms with Crippen molar-refractivity contribution in [2.45, 2.75) is 4.90 Å². The van der Waals surface area contributed by atoms with Crippen LogP contribution in [-0.2, 0) is 19.9 Å². The highest BCUT2D eigenvalue weighted by Crippen LogP contribution is 2.08. The first-order valence-electron chi connectivity index (χ1n) is 3.64. The topological polar surface area (TPSA) is 87.1 Å². The molecular weight excluding hydrogens is 224 g/mol. The van der Waals surface area contributed by atoms with Gasteiger partial charge >= 0.3 is 0 Å². The lowest BCUT2D eigenvalue weighted by Crippen LogP contribution is -2.28. The van der Waals surface area contributed by atoms with Gasteiger partial charge in [-0.2, -0.15) is 0 Å². The Labute approximate surface area is 83.3 Å². The van der Waals surface area contributed by atoms with Gasteiger partial charge in [-0.15, -0.1) is 4.13 Å². The third-order valence-electron chi connectivity index (χ3n) is 1.34. The number of rotatable bonds is 3. The minimum absolute atomic E-state index is 0.144. The van der Waals surface area contributed by atoms with E-state index in [1.54, 1.807) is 22.3 Å². The van der Waals surface area contributed by atoms with Crippen LogP contribution < -0.4 is 4.13 Å². The van der Waals surface area contributed by atoms with Crippen molar-refractivity contribution in [2.75, 3.05) is 6.26 Å². The van der Waals surface area contributed by atoms with Gasteiger partial charge in [0.15, 0.2) is 0 Å². The van der Waals surface area contributed by atoms with E-state index in [1.165, 1.54) is 12.1 Å². The number of nitrogens with one attached hydrogen (secondary N) is 2. The highest BCUT2D eigenvalue weighted by Gasteiger charge is 2.14. The molecule has 7 heteroatoms. The van der Waals surface area contributed by atoms with Crippen LogP contribution in [0.4, 0.5) is 0 Å². The number of hydrogen-bond donors (Lipinski definition) is 2. The summed E-state index contributed by atoms with van der Waals surface area (Å²) in [5, 5.41) is 0. The van der Waals surface area contributed by atoms with E-state index < -0.39 is 19.9 Å². The zero-order valence-corrected chi connectivity index (χ0v) is 9.06. The SMILES string of the molecule is CS(=O)(=O)NS(=N)(=O)c1ccccc1. The second kappa shape index (κ2) is 3.68. The molecule has 0 amide bonds. The maximum Gasteiger partial charge on any atom is 0.220 e. The zero-order chi connectivity index (χ0) is 10.8. The van der Waals surface area contributed by atoms with Gasteiger partial charge in [0.2, 0.25) is 10.0 Å². The lowest BCUT2D eigenvalue weighted by molar-refractivity contribution is 0.598. The van der Waals surface area contributed by atoms with Crippen molar-refractivity contribution in [3.63, 3.8) is 0 Å². The van der Waals surface area contributed by atoms with Crippen LogP contribution >= 0.6 is 0 Å². The Morgan fingerprint density at radius 2 is 1.64 bits per heavy atom. The van der Waals surface area contributed by atoms with E-state index in [9.17, 15) is 12.6 Å². The zero-order valence-electron chi connectivity index (χ0n) is 7.43. The quantitative estimate of drug-likeness (QED) is 0.801. The Kier molecular flexibility index (Phi) is 2.93. The molecule has 0 fully saturated rings. The van der Waals surface area contributed by atoms with Crippen LogP contribution in [0, 0.1) is 4.78 Å². The third kappa shape index (κ3) is 3.09. The molecule has 1 unspecified atom stereocenters. The molecule has 0 heterocycles. The van der Waals surface area contributed by atoms with Crippen LogP contribution in [0.3, 0.4) is 0 Å². The van der Waals surface area contributed by atoms with Crippen molar-refractivity contribution in [1.82, 2.24) is 4.13 Å². The van der Waals surface area contributed by atoms with Crippen LogP contribution in [0.1, 0.15) is 0 Å². The molecule has 0 aliphatic rings. The van der Waals surface area contributed by atoms with Gasteiger partial charge in [0, 0.05) is 0 Å². The van der Waals surface area contributed by atoms with Gasteiger partial charge < -0.3 is 0 Å². The minimum atomic E-state index is -3.64. The summed E-state index contributed by atoms with van der Waals surface area (Å²) in [6, 6.07) is 7.75. The lowest BCUT2D eigenvalue weighted by Gasteiger charge is -2.06. The number of benzene rings is 1. The molecule has 0 saturated carbocycles. The van der Waals surface area contributed by atoms with Gasteiger partial charge in [0.25, 0.3) is 0 Å². The first-order chi connectivity index (χ1) is 6.31. The summed E-state index contributed by atoms with van der Waals surface area (Å²) >= 11 is 0. The number of sulfonamides is 1. The fraction of sp³-hybridized carbons (Fsp3) is 0.143. The van der Waals surface area contributed by atoms with E-state index in [4.69, 9.17) is 4.78 Å². The molecule has 0 saturated heterocycles. The van der Waals surface area contributed by atoms with E-state index in [1.807, 2.05) is 0 Å². The largest absolute Gasteiger partial charge is 0.235 e. The highest BCUT2D eigenvalue weighted by atomic mass is 32.3. The predicted octanol–water partition coefficient (Wildman–Crippen LogP) is 0.556. The molecular formula is C7H10N2O3S2. The molecule has 78 valence electrons. The Morgan fingerprint density at radius 3 is 2.07 bits per heavy atom. The molecule has 0 bridgehead atoms. The molecule has 1 rings (SSSR count). The summed E-state index contributed by atoms with van der Waals surface area (Å²) in [4.78, 5) is 0.144. The Balaban J connectivity index is 3.12. The van der Waals surface area contributed by atoms with Crippen LogP contribution in [-0.4, -0.2) is 18.9 Å². The molecule has 1 atom stereocenters. The average molecular weight is 234 g/mol. The lowest BCUT2D eigenvalue weighted by atomic mass is 10.4. The summed E-state index contributed by atoms with van der Waals surface area (Å²) in [7, 11) is -7.10. The molecule has 1 aromatic rings. The fourth-order valence-corrected chi connectivity index (χ4v) is 3.50. The Hall–Kier alpha value is -0.920. The maximum atomic E-state index is 11.6. The monoisotopic (exact) mass is 234 g/mol. The second-order valence-electron chi connectivity index (χ2n) is 2.72. The summed E-state index contributed by atoms with van der Waals surface area (Å²) in [5.74, 6) is 0. The highest BCUT2D eigenvalue weighted by molar-refractivity contribution is 8.04. The van der Waals surface area contributed by atoms with Crippen molar-refractivity contribution < 1.29 is 12.6 Å². The fourth-order valence-electron chi connectivity index (χ4n) is 0.873. The van der Waals surface area contributed by atoms with Crippen molar-refractivity contribution >= 4 is 19.9 Å². The summed E-state index contributed by atoms with van der Waals surface area (Å²) in [5.41, 5.74) is 0. The van der Waals surface area contributed by atoms with Gasteiger partial charge in [-0.05, 0) is 12.1 Å². The van der Waals surface area contributed by atoms with Gasteiger partial charge in [-0.25, -0.2) is 17.4 Å². The van der Waals surface area contributed by atoms with Gasteiger partial charge in [0.1, 0.15) is 9.92 Å². The van der Waals surface area contributed by atoms with Crippen LogP contribution in [0.2, 0.25) is 0 Å². The molecule has 14 heavy (non-hydrogen) atoms. The molecule has 1 aromatic carbocycles. The summed E-state index contributed by atoms with van der Waals surface area (Å²) in [6.45, 7) is 0. The molecule has 0 aliphatic carbocycles. The Morgan fingerprint density at radius 1 is 1.14 bits per heavy atom. The van der Waals surface area contributed by atoms with E-state index in [2.05, 4.69) is 0 Å². The predicted molar refractivity (Wildman–Crippen MR) is 53.5 cm³/mol. The molecule has 0 spiro atoms. The van der Waals surface area contributed by atoms with E-state index in [0.717, 1.165) is 6.26 Å². The van der Waals surface area contributed by atoms with E-state index in [0.29, 0.717) is 0 Å². The molecule has 2 N–H and O–H groups in total. The normalized spacial score (nSPS) is 16.1. The number of hydrogen-bond acceptors (Lipinski definition) is 4. The van der Waals surface area contributed by atoms with Crippen LogP contribution in [0.15, 0.2) is 35.2 Å². The summed E-state index contributed by atoms with van der Waals surface area (Å²) in [6.07, 6.45) is 0.865. The molecule has 5 nitrogen and oxygen atoms in total. The standard InChI is InChI=1S/C7H10N2O3S2/c1-13(10,11)9-14(8,12)7-5-3-2-4-6-7/h2-6H,1H3,(H2,8,9,12). The van der Waals surface area contributed by atoms with Gasteiger partial charge in [-0.1, -0.05) is 18.2 Å². The van der Waals surface area contributed by atoms with Crippen molar-refractivity contribution in [3.05, 3.63) is 30.3 Å². The van der Waals surface area contributed by atoms with Crippen molar-refractivity contribution in [2.24, 2.45) is 0 Å². The second-order valence-corrected chi connectivity index (χ2v) is 6.52. The van der Waals surface area contributed by atoms with E-state index >= 15 is 0 Å². The smallest absolute Gasteiger partial charge is 0.220 e. The Bertz CT molecular complexity index is 505. The van der Waals surface area contributed by atoms with Crippen molar-refractivity contribution in [1.29, 1.82) is 4.78 Å². The maximum absolute atomic E-state index is 11.6. The molecule has 0 aliphatic heterocycles.